The van der Waals surface area contributed by atoms with E-state index in [0.717, 1.165) is 32.4 Å². The highest BCUT2D eigenvalue weighted by Crippen LogP contribution is 2.35. The molecule has 7 nitrogen and oxygen atoms in total. The molecule has 174 valence electrons. The van der Waals surface area contributed by atoms with Crippen molar-refractivity contribution in [1.82, 2.24) is 14.1 Å². The van der Waals surface area contributed by atoms with Crippen molar-refractivity contribution < 1.29 is 13.2 Å². The summed E-state index contributed by atoms with van der Waals surface area (Å²) in [5, 5.41) is 0.400. The maximum Gasteiger partial charge on any atom is 0.214 e. The van der Waals surface area contributed by atoms with E-state index in [-0.39, 0.29) is 17.1 Å². The molecule has 0 atom stereocenters. The molecule has 2 heterocycles. The molecule has 31 heavy (non-hydrogen) atoms. The van der Waals surface area contributed by atoms with Gasteiger partial charge in [-0.25, -0.2) is 8.42 Å². The highest BCUT2D eigenvalue weighted by Gasteiger charge is 2.41. The van der Waals surface area contributed by atoms with Gasteiger partial charge in [-0.05, 0) is 58.0 Å². The van der Waals surface area contributed by atoms with Crippen LogP contribution in [0.4, 0.5) is 5.69 Å². The minimum atomic E-state index is -3.17. The maximum absolute atomic E-state index is 13.0. The molecule has 2 aliphatic heterocycles. The lowest BCUT2D eigenvalue weighted by Gasteiger charge is -2.51. The molecule has 0 aliphatic carbocycles. The molecule has 2 N–H and O–H groups in total. The fraction of sp³-hybridized carbons (Fsp3) is 0.682. The van der Waals surface area contributed by atoms with Crippen molar-refractivity contribution in [1.29, 1.82) is 0 Å². The molecule has 0 radical (unpaired) electrons. The Labute approximate surface area is 191 Å². The number of Topliss-reactive ketones (excluding diaryl/α,β-unsaturated/α-hetero) is 1. The minimum absolute atomic E-state index is 0.0226. The number of likely N-dealkylation sites (tertiary alicyclic amines) is 1. The lowest BCUT2D eigenvalue weighted by atomic mass is 9.80. The number of ketones is 1. The number of carbonyl (C=O) groups is 1. The summed E-state index contributed by atoms with van der Waals surface area (Å²) in [7, 11) is -1.05. The summed E-state index contributed by atoms with van der Waals surface area (Å²) in [6, 6.07) is 5.16. The number of hydrogen-bond donors (Lipinski definition) is 1. The zero-order valence-corrected chi connectivity index (χ0v) is 20.2. The summed E-state index contributed by atoms with van der Waals surface area (Å²) in [6.45, 7) is 6.28. The SMILES string of the molecule is CCCS(=O)(=O)N1CCN(C2(CCC(=O)c3c(N)cccc3Cl)CCN(C)CC2)CC1. The number of piperidine rings is 1. The van der Waals surface area contributed by atoms with E-state index in [4.69, 9.17) is 17.3 Å². The lowest BCUT2D eigenvalue weighted by Crippen LogP contribution is -2.61. The second-order valence-corrected chi connectivity index (χ2v) is 11.4. The number of benzene rings is 1. The van der Waals surface area contributed by atoms with Gasteiger partial charge in [-0.1, -0.05) is 24.6 Å². The van der Waals surface area contributed by atoms with Gasteiger partial charge in [-0.2, -0.15) is 4.31 Å². The Kier molecular flexibility index (Phi) is 8.02. The van der Waals surface area contributed by atoms with Crippen molar-refractivity contribution in [3.05, 3.63) is 28.8 Å². The van der Waals surface area contributed by atoms with Crippen molar-refractivity contribution in [2.75, 3.05) is 57.8 Å². The second kappa shape index (κ2) is 10.2. The van der Waals surface area contributed by atoms with Crippen LogP contribution in [0, 0.1) is 0 Å². The molecule has 1 aromatic carbocycles. The predicted octanol–water partition coefficient (Wildman–Crippen LogP) is 2.71. The summed E-state index contributed by atoms with van der Waals surface area (Å²) in [6.07, 6.45) is 3.68. The van der Waals surface area contributed by atoms with Gasteiger partial charge < -0.3 is 10.6 Å². The van der Waals surface area contributed by atoms with Gasteiger partial charge in [0, 0.05) is 43.8 Å². The number of anilines is 1. The van der Waals surface area contributed by atoms with Crippen molar-refractivity contribution in [2.24, 2.45) is 0 Å². The first-order valence-corrected chi connectivity index (χ1v) is 13.2. The number of rotatable bonds is 8. The Morgan fingerprint density at radius 2 is 1.77 bits per heavy atom. The average Bonchev–Trinajstić information content (AvgIpc) is 2.74. The van der Waals surface area contributed by atoms with E-state index in [1.54, 1.807) is 22.5 Å². The van der Waals surface area contributed by atoms with Crippen LogP contribution in [0.3, 0.4) is 0 Å². The highest BCUT2D eigenvalue weighted by molar-refractivity contribution is 7.89. The molecular formula is C22H35ClN4O3S. The average molecular weight is 471 g/mol. The monoisotopic (exact) mass is 470 g/mol. The first-order valence-electron chi connectivity index (χ1n) is 11.2. The van der Waals surface area contributed by atoms with Gasteiger partial charge in [0.15, 0.2) is 5.78 Å². The molecule has 0 aromatic heterocycles. The maximum atomic E-state index is 13.0. The zero-order valence-electron chi connectivity index (χ0n) is 18.6. The normalized spacial score (nSPS) is 21.3. The zero-order chi connectivity index (χ0) is 22.6. The second-order valence-electron chi connectivity index (χ2n) is 8.86. The van der Waals surface area contributed by atoms with E-state index in [0.29, 0.717) is 55.3 Å². The van der Waals surface area contributed by atoms with Gasteiger partial charge in [-0.15, -0.1) is 0 Å². The fourth-order valence-corrected chi connectivity index (χ4v) is 6.67. The van der Waals surface area contributed by atoms with Crippen LogP contribution in [-0.4, -0.2) is 85.9 Å². The van der Waals surface area contributed by atoms with Crippen molar-refractivity contribution >= 4 is 33.1 Å². The van der Waals surface area contributed by atoms with Crippen LogP contribution >= 0.6 is 11.6 Å². The van der Waals surface area contributed by atoms with Gasteiger partial charge >= 0.3 is 0 Å². The molecular weight excluding hydrogens is 436 g/mol. The molecule has 0 unspecified atom stereocenters. The number of halogens is 1. The third-order valence-electron chi connectivity index (χ3n) is 6.82. The number of nitrogens with two attached hydrogens (primary N) is 1. The molecule has 0 saturated carbocycles. The van der Waals surface area contributed by atoms with E-state index < -0.39 is 10.0 Å². The van der Waals surface area contributed by atoms with E-state index in [1.165, 1.54) is 0 Å². The number of sulfonamides is 1. The first kappa shape index (κ1) is 24.5. The standard InChI is InChI=1S/C22H35ClN4O3S/c1-3-17-31(29,30)27-15-13-26(14-16-27)22(9-11-25(2)12-10-22)8-7-20(28)21-18(23)5-4-6-19(21)24/h4-6H,3,7-17,24H2,1-2H3. The van der Waals surface area contributed by atoms with Crippen molar-refractivity contribution in [3.8, 4) is 0 Å². The summed E-state index contributed by atoms with van der Waals surface area (Å²) in [5.74, 6) is 0.182. The molecule has 0 amide bonds. The summed E-state index contributed by atoms with van der Waals surface area (Å²) < 4.78 is 26.5. The quantitative estimate of drug-likeness (QED) is 0.464. The number of carbonyl (C=O) groups excluding carboxylic acids is 1. The number of hydrogen-bond acceptors (Lipinski definition) is 6. The van der Waals surface area contributed by atoms with Gasteiger partial charge in [0.1, 0.15) is 0 Å². The number of piperazine rings is 1. The lowest BCUT2D eigenvalue weighted by molar-refractivity contribution is 0.000281. The van der Waals surface area contributed by atoms with Gasteiger partial charge in [0.2, 0.25) is 10.0 Å². The van der Waals surface area contributed by atoms with Crippen LogP contribution in [0.15, 0.2) is 18.2 Å². The molecule has 0 bridgehead atoms. The summed E-state index contributed by atoms with van der Waals surface area (Å²) in [5.41, 5.74) is 6.76. The van der Waals surface area contributed by atoms with E-state index >= 15 is 0 Å². The molecule has 9 heteroatoms. The Morgan fingerprint density at radius 1 is 1.13 bits per heavy atom. The van der Waals surface area contributed by atoms with E-state index in [2.05, 4.69) is 16.8 Å². The summed E-state index contributed by atoms with van der Waals surface area (Å²) in [4.78, 5) is 17.7. The van der Waals surface area contributed by atoms with Crippen molar-refractivity contribution in [3.63, 3.8) is 0 Å². The number of nitrogens with zero attached hydrogens (tertiary/aromatic N) is 3. The van der Waals surface area contributed by atoms with Crippen LogP contribution in [0.1, 0.15) is 49.4 Å². The fourth-order valence-electron chi connectivity index (χ4n) is 4.89. The molecule has 1 aromatic rings. The van der Waals surface area contributed by atoms with E-state index in [9.17, 15) is 13.2 Å². The van der Waals surface area contributed by atoms with Crippen LogP contribution < -0.4 is 5.73 Å². The van der Waals surface area contributed by atoms with Crippen molar-refractivity contribution in [2.45, 2.75) is 44.6 Å². The third-order valence-corrected chi connectivity index (χ3v) is 9.22. The number of nitrogen functional groups attached to an aromatic ring is 1. The molecule has 3 rings (SSSR count). The largest absolute Gasteiger partial charge is 0.398 e. The van der Waals surface area contributed by atoms with Crippen LogP contribution in [0.25, 0.3) is 0 Å². The third kappa shape index (κ3) is 5.60. The highest BCUT2D eigenvalue weighted by atomic mass is 35.5. The minimum Gasteiger partial charge on any atom is -0.398 e. The van der Waals surface area contributed by atoms with Crippen LogP contribution in [0.2, 0.25) is 5.02 Å². The van der Waals surface area contributed by atoms with Crippen LogP contribution in [-0.2, 0) is 10.0 Å². The Balaban J connectivity index is 1.71. The van der Waals surface area contributed by atoms with Gasteiger partial charge in [0.05, 0.1) is 16.3 Å². The topological polar surface area (TPSA) is 87.0 Å². The Bertz CT molecular complexity index is 856. The van der Waals surface area contributed by atoms with Crippen LogP contribution in [0.5, 0.6) is 0 Å². The first-order chi connectivity index (χ1) is 14.7. The Morgan fingerprint density at radius 3 is 2.35 bits per heavy atom. The van der Waals surface area contributed by atoms with Gasteiger partial charge in [0.25, 0.3) is 0 Å². The molecule has 2 saturated heterocycles. The Hall–Kier alpha value is -1.19. The summed E-state index contributed by atoms with van der Waals surface area (Å²) >= 11 is 6.25. The van der Waals surface area contributed by atoms with Gasteiger partial charge in [-0.3, -0.25) is 9.69 Å². The predicted molar refractivity (Wildman–Crippen MR) is 126 cm³/mol. The van der Waals surface area contributed by atoms with E-state index in [1.807, 2.05) is 6.92 Å². The smallest absolute Gasteiger partial charge is 0.214 e. The molecule has 2 aliphatic rings. The molecule has 0 spiro atoms. The molecule has 2 fully saturated rings.